The fourth-order valence-corrected chi connectivity index (χ4v) is 3.83. The molecule has 2 aromatic carbocycles. The van der Waals surface area contributed by atoms with E-state index in [1.54, 1.807) is 31.2 Å². The number of para-hydroxylation sites is 1. The molecule has 0 aliphatic heterocycles. The van der Waals surface area contributed by atoms with E-state index in [-0.39, 0.29) is 11.3 Å². The predicted molar refractivity (Wildman–Crippen MR) is 116 cm³/mol. The zero-order valence-electron chi connectivity index (χ0n) is 17.4. The van der Waals surface area contributed by atoms with Crippen LogP contribution in [0, 0.1) is 0 Å². The number of rotatable bonds is 5. The molecule has 0 amide bonds. The molecule has 5 nitrogen and oxygen atoms in total. The fourth-order valence-electron chi connectivity index (χ4n) is 3.83. The summed E-state index contributed by atoms with van der Waals surface area (Å²) in [5, 5.41) is -0.543. The van der Waals surface area contributed by atoms with Gasteiger partial charge in [0.15, 0.2) is 5.69 Å². The summed E-state index contributed by atoms with van der Waals surface area (Å²) in [6, 6.07) is 17.2. The van der Waals surface area contributed by atoms with Crippen LogP contribution in [0.3, 0.4) is 0 Å². The lowest BCUT2D eigenvalue weighted by atomic mass is 10.1. The van der Waals surface area contributed by atoms with Gasteiger partial charge in [0, 0.05) is 12.2 Å². The minimum atomic E-state index is -4.78. The van der Waals surface area contributed by atoms with Gasteiger partial charge in [-0.3, -0.25) is 14.3 Å². The molecule has 2 aromatic heterocycles. The number of fused-ring (bicyclic) bond motifs is 1. The molecule has 164 valence electrons. The van der Waals surface area contributed by atoms with E-state index >= 15 is 0 Å². The number of aromatic nitrogens is 3. The first-order valence-electron chi connectivity index (χ1n) is 9.97. The number of pyridine rings is 1. The van der Waals surface area contributed by atoms with Crippen molar-refractivity contribution in [2.45, 2.75) is 25.6 Å². The number of ether oxygens (including phenoxy) is 1. The van der Waals surface area contributed by atoms with Gasteiger partial charge in [0.1, 0.15) is 11.6 Å². The summed E-state index contributed by atoms with van der Waals surface area (Å²) in [5.41, 5.74) is -0.639. The highest BCUT2D eigenvalue weighted by molar-refractivity contribution is 5.83. The third-order valence-corrected chi connectivity index (χ3v) is 5.25. The normalized spacial score (nSPS) is 12.7. The number of benzene rings is 2. The Morgan fingerprint density at radius 3 is 2.41 bits per heavy atom. The molecule has 0 saturated carbocycles. The first kappa shape index (κ1) is 21.5. The van der Waals surface area contributed by atoms with E-state index in [1.165, 1.54) is 17.7 Å². The number of nitrogens with zero attached hydrogens (tertiary/aromatic N) is 3. The van der Waals surface area contributed by atoms with Crippen LogP contribution in [0.1, 0.15) is 24.2 Å². The Bertz CT molecular complexity index is 1320. The Morgan fingerprint density at radius 2 is 1.72 bits per heavy atom. The van der Waals surface area contributed by atoms with Crippen molar-refractivity contribution in [2.75, 3.05) is 7.11 Å². The summed E-state index contributed by atoms with van der Waals surface area (Å²) < 4.78 is 47.7. The second kappa shape index (κ2) is 8.45. The van der Waals surface area contributed by atoms with Gasteiger partial charge in [-0.25, -0.2) is 4.98 Å². The van der Waals surface area contributed by atoms with Crippen molar-refractivity contribution in [1.82, 2.24) is 14.5 Å². The average Bonchev–Trinajstić information content (AvgIpc) is 2.78. The van der Waals surface area contributed by atoms with E-state index in [1.807, 2.05) is 30.3 Å². The molecule has 0 aliphatic carbocycles. The van der Waals surface area contributed by atoms with E-state index in [0.29, 0.717) is 17.7 Å². The van der Waals surface area contributed by atoms with E-state index in [4.69, 9.17) is 4.74 Å². The van der Waals surface area contributed by atoms with Crippen LogP contribution in [0.25, 0.3) is 22.3 Å². The van der Waals surface area contributed by atoms with Crippen molar-refractivity contribution in [2.24, 2.45) is 0 Å². The van der Waals surface area contributed by atoms with E-state index in [0.717, 1.165) is 11.8 Å². The average molecular weight is 439 g/mol. The monoisotopic (exact) mass is 439 g/mol. The quantitative estimate of drug-likeness (QED) is 0.424. The molecule has 4 rings (SSSR count). The van der Waals surface area contributed by atoms with Gasteiger partial charge in [0.2, 0.25) is 0 Å². The Morgan fingerprint density at radius 1 is 1.03 bits per heavy atom. The van der Waals surface area contributed by atoms with Gasteiger partial charge >= 0.3 is 6.18 Å². The fraction of sp³-hybridized carbons (Fsp3) is 0.208. The van der Waals surface area contributed by atoms with Crippen LogP contribution in [-0.4, -0.2) is 21.6 Å². The molecule has 1 unspecified atom stereocenters. The summed E-state index contributed by atoms with van der Waals surface area (Å²) in [4.78, 5) is 21.5. The Kier molecular flexibility index (Phi) is 5.69. The smallest absolute Gasteiger partial charge is 0.434 e. The first-order chi connectivity index (χ1) is 15.3. The molecule has 0 bridgehead atoms. The molecule has 32 heavy (non-hydrogen) atoms. The lowest BCUT2D eigenvalue weighted by molar-refractivity contribution is -0.139. The molecule has 2 heterocycles. The van der Waals surface area contributed by atoms with Crippen LogP contribution >= 0.6 is 0 Å². The largest absolute Gasteiger partial charge is 0.496 e. The van der Waals surface area contributed by atoms with Crippen LogP contribution in [0.5, 0.6) is 5.75 Å². The molecule has 1 atom stereocenters. The van der Waals surface area contributed by atoms with E-state index in [9.17, 15) is 18.0 Å². The topological polar surface area (TPSA) is 57.0 Å². The number of alkyl halides is 3. The van der Waals surface area contributed by atoms with Crippen molar-refractivity contribution in [3.05, 3.63) is 88.5 Å². The van der Waals surface area contributed by atoms with Gasteiger partial charge in [0.25, 0.3) is 5.56 Å². The highest BCUT2D eigenvalue weighted by Crippen LogP contribution is 2.34. The van der Waals surface area contributed by atoms with Crippen molar-refractivity contribution in [3.8, 4) is 17.1 Å². The molecule has 0 spiro atoms. The summed E-state index contributed by atoms with van der Waals surface area (Å²) in [7, 11) is 1.49. The van der Waals surface area contributed by atoms with Crippen molar-refractivity contribution in [1.29, 1.82) is 0 Å². The van der Waals surface area contributed by atoms with E-state index in [2.05, 4.69) is 9.97 Å². The van der Waals surface area contributed by atoms with Crippen molar-refractivity contribution >= 4 is 10.9 Å². The number of halogens is 3. The number of hydrogen-bond donors (Lipinski definition) is 0. The molecule has 8 heteroatoms. The zero-order chi connectivity index (χ0) is 22.9. The maximum atomic E-state index is 13.7. The van der Waals surface area contributed by atoms with Gasteiger partial charge < -0.3 is 4.74 Å². The van der Waals surface area contributed by atoms with Crippen LogP contribution in [-0.2, 0) is 12.6 Å². The molecular formula is C24H20F3N3O2. The van der Waals surface area contributed by atoms with Gasteiger partial charge in [-0.15, -0.1) is 0 Å². The maximum absolute atomic E-state index is 13.7. The van der Waals surface area contributed by atoms with Gasteiger partial charge in [-0.2, -0.15) is 13.2 Å². The Hall–Kier alpha value is -3.68. The number of hydrogen-bond acceptors (Lipinski definition) is 4. The molecular weight excluding hydrogens is 419 g/mol. The second-order valence-corrected chi connectivity index (χ2v) is 7.40. The molecule has 0 N–H and O–H groups in total. The summed E-state index contributed by atoms with van der Waals surface area (Å²) in [6.45, 7) is 1.78. The van der Waals surface area contributed by atoms with E-state index < -0.39 is 28.9 Å². The zero-order valence-corrected chi connectivity index (χ0v) is 17.4. The van der Waals surface area contributed by atoms with Crippen molar-refractivity contribution < 1.29 is 17.9 Å². The number of methoxy groups -OCH3 is 1. The Labute approximate surface area is 182 Å². The standard InChI is InChI=1S/C24H20F3N3O2/c1-15(14-16-8-4-3-5-9-16)30-22(17-10-6-7-11-19(17)32-2)29-18-12-13-28-21(24(25,26)27)20(18)23(30)31/h3-13,15H,14H2,1-2H3. The van der Waals surface area contributed by atoms with Crippen LogP contribution in [0.4, 0.5) is 13.2 Å². The van der Waals surface area contributed by atoms with Crippen LogP contribution < -0.4 is 10.3 Å². The third-order valence-electron chi connectivity index (χ3n) is 5.25. The highest BCUT2D eigenvalue weighted by Gasteiger charge is 2.37. The highest BCUT2D eigenvalue weighted by atomic mass is 19.4. The SMILES string of the molecule is COc1ccccc1-c1nc2ccnc(C(F)(F)F)c2c(=O)n1C(C)Cc1ccccc1. The lowest BCUT2D eigenvalue weighted by Gasteiger charge is -2.22. The minimum Gasteiger partial charge on any atom is -0.496 e. The third kappa shape index (κ3) is 3.95. The first-order valence-corrected chi connectivity index (χ1v) is 9.97. The van der Waals surface area contributed by atoms with Gasteiger partial charge in [-0.1, -0.05) is 42.5 Å². The van der Waals surface area contributed by atoms with Gasteiger partial charge in [0.05, 0.1) is 23.6 Å². The molecule has 0 radical (unpaired) electrons. The molecule has 0 fully saturated rings. The summed E-state index contributed by atoms with van der Waals surface area (Å²) in [5.74, 6) is 0.701. The van der Waals surface area contributed by atoms with Crippen molar-refractivity contribution in [3.63, 3.8) is 0 Å². The molecule has 0 saturated heterocycles. The molecule has 4 aromatic rings. The summed E-state index contributed by atoms with van der Waals surface area (Å²) >= 11 is 0. The van der Waals surface area contributed by atoms with Gasteiger partial charge in [-0.05, 0) is 37.1 Å². The minimum absolute atomic E-state index is 0.0682. The maximum Gasteiger partial charge on any atom is 0.434 e. The Balaban J connectivity index is 2.03. The second-order valence-electron chi connectivity index (χ2n) is 7.40. The van der Waals surface area contributed by atoms with Crippen LogP contribution in [0.2, 0.25) is 0 Å². The predicted octanol–water partition coefficient (Wildman–Crippen LogP) is 5.29. The lowest BCUT2D eigenvalue weighted by Crippen LogP contribution is -2.29. The van der Waals surface area contributed by atoms with Crippen LogP contribution in [0.15, 0.2) is 71.7 Å². The molecule has 0 aliphatic rings. The summed E-state index contributed by atoms with van der Waals surface area (Å²) in [6.07, 6.45) is -3.34.